The number of nitrogens with one attached hydrogen (secondary N) is 1. The first-order valence-electron chi connectivity index (χ1n) is 9.08. The molecule has 9 heteroatoms. The van der Waals surface area contributed by atoms with E-state index in [9.17, 15) is 9.59 Å². The summed E-state index contributed by atoms with van der Waals surface area (Å²) in [6, 6.07) is 7.48. The Kier molecular flexibility index (Phi) is 12.1. The van der Waals surface area contributed by atoms with E-state index in [4.69, 9.17) is 10.5 Å². The fraction of sp³-hybridized carbons (Fsp3) is 0.579. The first kappa shape index (κ1) is 26.5. The van der Waals surface area contributed by atoms with Gasteiger partial charge in [0.2, 0.25) is 11.8 Å². The lowest BCUT2D eigenvalue weighted by Crippen LogP contribution is -2.47. The predicted molar refractivity (Wildman–Crippen MR) is 116 cm³/mol. The van der Waals surface area contributed by atoms with Crippen molar-refractivity contribution in [2.24, 2.45) is 11.7 Å². The number of amides is 2. The number of likely N-dealkylation sites (N-methyl/N-ethyl adjacent to an activating group) is 1. The molecule has 7 nitrogen and oxygen atoms in total. The smallest absolute Gasteiger partial charge is 0.242 e. The molecule has 1 atom stereocenters. The number of halogens is 2. The monoisotopic (exact) mass is 434 g/mol. The van der Waals surface area contributed by atoms with Crippen molar-refractivity contribution in [3.63, 3.8) is 0 Å². The van der Waals surface area contributed by atoms with Crippen LogP contribution in [0.3, 0.4) is 0 Å². The van der Waals surface area contributed by atoms with Gasteiger partial charge < -0.3 is 25.6 Å². The highest BCUT2D eigenvalue weighted by Crippen LogP contribution is 2.22. The molecule has 2 rings (SSSR count). The molecule has 1 aromatic rings. The Balaban J connectivity index is 0.00000364. The van der Waals surface area contributed by atoms with E-state index in [-0.39, 0.29) is 49.1 Å². The molecule has 3 N–H and O–H groups in total. The van der Waals surface area contributed by atoms with Crippen LogP contribution in [-0.4, -0.2) is 62.7 Å². The number of hydrogen-bond donors (Lipinski definition) is 2. The van der Waals surface area contributed by atoms with Gasteiger partial charge >= 0.3 is 0 Å². The number of rotatable bonds is 7. The summed E-state index contributed by atoms with van der Waals surface area (Å²) in [5.74, 6) is -0.412. The van der Waals surface area contributed by atoms with Gasteiger partial charge in [-0.2, -0.15) is 0 Å². The molecule has 1 saturated heterocycles. The van der Waals surface area contributed by atoms with Crippen LogP contribution in [0.25, 0.3) is 0 Å². The lowest BCUT2D eigenvalue weighted by molar-refractivity contribution is -0.132. The van der Waals surface area contributed by atoms with Gasteiger partial charge in [-0.3, -0.25) is 9.59 Å². The molecule has 0 bridgehead atoms. The van der Waals surface area contributed by atoms with Crippen LogP contribution in [0, 0.1) is 5.92 Å². The van der Waals surface area contributed by atoms with E-state index in [0.29, 0.717) is 19.8 Å². The number of benzene rings is 1. The number of morpholine rings is 1. The maximum absolute atomic E-state index is 12.4. The number of para-hydroxylation sites is 1. The fourth-order valence-electron chi connectivity index (χ4n) is 2.82. The Morgan fingerprint density at radius 3 is 2.43 bits per heavy atom. The van der Waals surface area contributed by atoms with Gasteiger partial charge in [0.15, 0.2) is 0 Å². The molecule has 160 valence electrons. The van der Waals surface area contributed by atoms with Crippen LogP contribution < -0.4 is 16.0 Å². The van der Waals surface area contributed by atoms with Crippen molar-refractivity contribution in [1.29, 1.82) is 0 Å². The molecule has 1 aliphatic rings. The molecule has 0 aliphatic carbocycles. The van der Waals surface area contributed by atoms with Crippen molar-refractivity contribution >= 4 is 42.3 Å². The van der Waals surface area contributed by atoms with Gasteiger partial charge in [-0.1, -0.05) is 32.0 Å². The van der Waals surface area contributed by atoms with Crippen LogP contribution in [0.1, 0.15) is 19.4 Å². The lowest BCUT2D eigenvalue weighted by atomic mass is 10.1. The zero-order valence-electron chi connectivity index (χ0n) is 16.7. The van der Waals surface area contributed by atoms with E-state index in [0.717, 1.165) is 24.3 Å². The first-order valence-corrected chi connectivity index (χ1v) is 9.08. The maximum Gasteiger partial charge on any atom is 0.242 e. The minimum absolute atomic E-state index is 0. The van der Waals surface area contributed by atoms with Gasteiger partial charge in [0.25, 0.3) is 0 Å². The SMILES string of the molecule is CC(C)[C@H](N)C(=O)NCC(=O)N(C)Cc1ccccc1N1CCOCC1.Cl.Cl. The van der Waals surface area contributed by atoms with Crippen molar-refractivity contribution in [2.75, 3.05) is 44.8 Å². The zero-order valence-corrected chi connectivity index (χ0v) is 18.4. The Hall–Kier alpha value is -1.54. The van der Waals surface area contributed by atoms with Gasteiger partial charge in [-0.15, -0.1) is 24.8 Å². The molecular formula is C19H32Cl2N4O3. The predicted octanol–water partition coefficient (Wildman–Crippen LogP) is 1.42. The summed E-state index contributed by atoms with van der Waals surface area (Å²) in [7, 11) is 1.74. The van der Waals surface area contributed by atoms with Crippen LogP contribution in [0.5, 0.6) is 0 Å². The molecule has 0 spiro atoms. The van der Waals surface area contributed by atoms with Crippen molar-refractivity contribution in [2.45, 2.75) is 26.4 Å². The average molecular weight is 435 g/mol. The van der Waals surface area contributed by atoms with Crippen LogP contribution in [-0.2, 0) is 20.9 Å². The summed E-state index contributed by atoms with van der Waals surface area (Å²) in [6.45, 7) is 7.31. The van der Waals surface area contributed by atoms with E-state index in [2.05, 4.69) is 16.3 Å². The van der Waals surface area contributed by atoms with E-state index < -0.39 is 6.04 Å². The molecule has 0 aromatic heterocycles. The third kappa shape index (κ3) is 7.47. The molecule has 0 unspecified atom stereocenters. The van der Waals surface area contributed by atoms with E-state index in [1.165, 1.54) is 0 Å². The number of anilines is 1. The van der Waals surface area contributed by atoms with Crippen LogP contribution in [0.2, 0.25) is 0 Å². The van der Waals surface area contributed by atoms with Gasteiger partial charge in [0.05, 0.1) is 25.8 Å². The van der Waals surface area contributed by atoms with Crippen LogP contribution >= 0.6 is 24.8 Å². The number of carbonyl (C=O) groups is 2. The molecule has 1 fully saturated rings. The maximum atomic E-state index is 12.4. The third-order valence-corrected chi connectivity index (χ3v) is 4.61. The second-order valence-electron chi connectivity index (χ2n) is 6.97. The number of hydrogen-bond acceptors (Lipinski definition) is 5. The summed E-state index contributed by atoms with van der Waals surface area (Å²) in [5.41, 5.74) is 8.00. The normalized spacial score (nSPS) is 14.5. The topological polar surface area (TPSA) is 87.9 Å². The molecule has 2 amide bonds. The second-order valence-corrected chi connectivity index (χ2v) is 6.97. The minimum Gasteiger partial charge on any atom is -0.378 e. The molecule has 1 aromatic carbocycles. The van der Waals surface area contributed by atoms with Crippen LogP contribution in [0.4, 0.5) is 5.69 Å². The number of nitrogens with zero attached hydrogens (tertiary/aromatic N) is 2. The molecule has 28 heavy (non-hydrogen) atoms. The Bertz CT molecular complexity index is 625. The summed E-state index contributed by atoms with van der Waals surface area (Å²) >= 11 is 0. The number of nitrogens with two attached hydrogens (primary N) is 1. The van der Waals surface area contributed by atoms with Gasteiger partial charge in [-0.05, 0) is 17.5 Å². The lowest BCUT2D eigenvalue weighted by Gasteiger charge is -2.31. The van der Waals surface area contributed by atoms with Crippen molar-refractivity contribution in [3.05, 3.63) is 29.8 Å². The summed E-state index contributed by atoms with van der Waals surface area (Å²) in [5, 5.41) is 2.63. The number of carbonyl (C=O) groups excluding carboxylic acids is 2. The van der Waals surface area contributed by atoms with Crippen molar-refractivity contribution in [1.82, 2.24) is 10.2 Å². The first-order chi connectivity index (χ1) is 12.4. The second kappa shape index (κ2) is 12.8. The van der Waals surface area contributed by atoms with Gasteiger partial charge in [0, 0.05) is 32.4 Å². The molecule has 1 heterocycles. The van der Waals surface area contributed by atoms with Crippen molar-refractivity contribution < 1.29 is 14.3 Å². The Labute approximate surface area is 179 Å². The zero-order chi connectivity index (χ0) is 19.1. The molecule has 0 saturated carbocycles. The quantitative estimate of drug-likeness (QED) is 0.677. The van der Waals surface area contributed by atoms with Gasteiger partial charge in [0.1, 0.15) is 0 Å². The highest BCUT2D eigenvalue weighted by molar-refractivity contribution is 5.87. The van der Waals surface area contributed by atoms with E-state index in [1.807, 2.05) is 32.0 Å². The summed E-state index contributed by atoms with van der Waals surface area (Å²) in [4.78, 5) is 28.2. The highest BCUT2D eigenvalue weighted by atomic mass is 35.5. The molecule has 1 aliphatic heterocycles. The minimum atomic E-state index is -0.602. The molecule has 0 radical (unpaired) electrons. The standard InChI is InChI=1S/C19H30N4O3.2ClH/c1-14(2)18(20)19(25)21-12-17(24)22(3)13-15-6-4-5-7-16(15)23-8-10-26-11-9-23;;/h4-7,14,18H,8-13,20H2,1-3H3,(H,21,25);2*1H/t18-;;/m0../s1. The summed E-state index contributed by atoms with van der Waals surface area (Å²) in [6.07, 6.45) is 0. The van der Waals surface area contributed by atoms with E-state index in [1.54, 1.807) is 11.9 Å². The summed E-state index contributed by atoms with van der Waals surface area (Å²) < 4.78 is 5.41. The van der Waals surface area contributed by atoms with Crippen LogP contribution in [0.15, 0.2) is 24.3 Å². The fourth-order valence-corrected chi connectivity index (χ4v) is 2.82. The highest BCUT2D eigenvalue weighted by Gasteiger charge is 2.20. The third-order valence-electron chi connectivity index (χ3n) is 4.61. The van der Waals surface area contributed by atoms with Gasteiger partial charge in [-0.25, -0.2) is 0 Å². The molecular weight excluding hydrogens is 403 g/mol. The Morgan fingerprint density at radius 2 is 1.82 bits per heavy atom. The van der Waals surface area contributed by atoms with Crippen molar-refractivity contribution in [3.8, 4) is 0 Å². The number of ether oxygens (including phenoxy) is 1. The van der Waals surface area contributed by atoms with E-state index >= 15 is 0 Å². The largest absolute Gasteiger partial charge is 0.378 e. The average Bonchev–Trinajstić information content (AvgIpc) is 2.66. The Morgan fingerprint density at radius 1 is 1.21 bits per heavy atom.